The fraction of sp³-hybridized carbons (Fsp3) is 0.538. The summed E-state index contributed by atoms with van der Waals surface area (Å²) in [6.45, 7) is 3.12. The number of anilines is 1. The Bertz CT molecular complexity index is 401. The second-order valence-electron chi connectivity index (χ2n) is 4.35. The Hall–Kier alpha value is -1.78. The van der Waals surface area contributed by atoms with Gasteiger partial charge in [-0.1, -0.05) is 0 Å². The summed E-state index contributed by atoms with van der Waals surface area (Å²) in [5.74, 6) is 0.718. The summed E-state index contributed by atoms with van der Waals surface area (Å²) in [7, 11) is 1.58. The van der Waals surface area contributed by atoms with Gasteiger partial charge in [-0.15, -0.1) is 0 Å². The molecule has 0 aromatic carbocycles. The molecule has 2 rings (SSSR count). The second-order valence-corrected chi connectivity index (χ2v) is 4.35. The molecule has 0 saturated heterocycles. The fourth-order valence-corrected chi connectivity index (χ4v) is 1.91. The Morgan fingerprint density at radius 3 is 2.83 bits per heavy atom. The molecule has 1 aliphatic carbocycles. The Labute approximate surface area is 107 Å². The van der Waals surface area contributed by atoms with Crippen LogP contribution in [0.1, 0.15) is 19.8 Å². The molecule has 1 aliphatic rings. The summed E-state index contributed by atoms with van der Waals surface area (Å²) in [6, 6.07) is 4.09. The van der Waals surface area contributed by atoms with E-state index in [0.717, 1.165) is 25.1 Å². The molecule has 1 heterocycles. The summed E-state index contributed by atoms with van der Waals surface area (Å²) in [4.78, 5) is 18.0. The number of hydrogen-bond acceptors (Lipinski definition) is 4. The molecule has 98 valence electrons. The third-order valence-electron chi connectivity index (χ3n) is 3.04. The molecule has 1 aromatic rings. The van der Waals surface area contributed by atoms with Crippen molar-refractivity contribution in [2.45, 2.75) is 25.8 Å². The quantitative estimate of drug-likeness (QED) is 0.830. The predicted molar refractivity (Wildman–Crippen MR) is 69.7 cm³/mol. The maximum absolute atomic E-state index is 12.0. The van der Waals surface area contributed by atoms with Crippen molar-refractivity contribution in [3.8, 4) is 5.88 Å². The average Bonchev–Trinajstić information content (AvgIpc) is 3.22. The number of hydrogen-bond donors (Lipinski definition) is 1. The van der Waals surface area contributed by atoms with Crippen LogP contribution in [0.15, 0.2) is 18.3 Å². The maximum Gasteiger partial charge on any atom is 0.242 e. The number of carbonyl (C=O) groups is 1. The summed E-state index contributed by atoms with van der Waals surface area (Å²) in [5.41, 5.74) is 0.830. The summed E-state index contributed by atoms with van der Waals surface area (Å²) in [5, 5.41) is 3.08. The van der Waals surface area contributed by atoms with Crippen molar-refractivity contribution >= 4 is 11.6 Å². The molecular weight excluding hydrogens is 230 g/mol. The first-order chi connectivity index (χ1) is 8.74. The lowest BCUT2D eigenvalue weighted by molar-refractivity contribution is -0.129. The molecule has 0 spiro atoms. The molecule has 0 radical (unpaired) electrons. The van der Waals surface area contributed by atoms with Gasteiger partial charge >= 0.3 is 0 Å². The van der Waals surface area contributed by atoms with Crippen molar-refractivity contribution < 1.29 is 9.53 Å². The first-order valence-electron chi connectivity index (χ1n) is 6.28. The first-order valence-corrected chi connectivity index (χ1v) is 6.28. The van der Waals surface area contributed by atoms with Crippen LogP contribution < -0.4 is 10.1 Å². The molecule has 0 unspecified atom stereocenters. The van der Waals surface area contributed by atoms with E-state index in [9.17, 15) is 4.79 Å². The molecule has 1 fully saturated rings. The summed E-state index contributed by atoms with van der Waals surface area (Å²) >= 11 is 0. The van der Waals surface area contributed by atoms with Crippen LogP contribution in [0.4, 0.5) is 5.69 Å². The van der Waals surface area contributed by atoms with Crippen LogP contribution in [0, 0.1) is 0 Å². The lowest BCUT2D eigenvalue weighted by atomic mass is 10.4. The van der Waals surface area contributed by atoms with Crippen LogP contribution in [0.5, 0.6) is 5.88 Å². The number of rotatable bonds is 6. The van der Waals surface area contributed by atoms with Crippen molar-refractivity contribution in [1.29, 1.82) is 0 Å². The number of likely N-dealkylation sites (N-methyl/N-ethyl adjacent to an activating group) is 1. The largest absolute Gasteiger partial charge is 0.481 e. The van der Waals surface area contributed by atoms with Crippen LogP contribution in [0.3, 0.4) is 0 Å². The van der Waals surface area contributed by atoms with Gasteiger partial charge in [0.25, 0.3) is 0 Å². The average molecular weight is 249 g/mol. The van der Waals surface area contributed by atoms with Gasteiger partial charge in [0.2, 0.25) is 11.8 Å². The molecule has 18 heavy (non-hydrogen) atoms. The Morgan fingerprint density at radius 2 is 2.33 bits per heavy atom. The van der Waals surface area contributed by atoms with Gasteiger partial charge in [-0.3, -0.25) is 4.79 Å². The molecule has 1 amide bonds. The minimum absolute atomic E-state index is 0.149. The first kappa shape index (κ1) is 12.7. The van der Waals surface area contributed by atoms with E-state index in [0.29, 0.717) is 18.5 Å². The van der Waals surface area contributed by atoms with Gasteiger partial charge < -0.3 is 15.0 Å². The minimum Gasteiger partial charge on any atom is -0.481 e. The van der Waals surface area contributed by atoms with Crippen molar-refractivity contribution in [2.24, 2.45) is 0 Å². The molecule has 0 atom stereocenters. The van der Waals surface area contributed by atoms with E-state index in [2.05, 4.69) is 10.3 Å². The van der Waals surface area contributed by atoms with E-state index in [1.54, 1.807) is 19.4 Å². The number of aromatic nitrogens is 1. The third kappa shape index (κ3) is 3.12. The van der Waals surface area contributed by atoms with Gasteiger partial charge in [0.1, 0.15) is 0 Å². The molecule has 0 bridgehead atoms. The van der Waals surface area contributed by atoms with Crippen LogP contribution in [0.25, 0.3) is 0 Å². The highest BCUT2D eigenvalue weighted by atomic mass is 16.5. The van der Waals surface area contributed by atoms with E-state index >= 15 is 0 Å². The van der Waals surface area contributed by atoms with Crippen molar-refractivity contribution in [3.63, 3.8) is 0 Å². The van der Waals surface area contributed by atoms with Crippen molar-refractivity contribution in [1.82, 2.24) is 9.88 Å². The van der Waals surface area contributed by atoms with Gasteiger partial charge in [0.15, 0.2) is 0 Å². The van der Waals surface area contributed by atoms with E-state index < -0.39 is 0 Å². The number of ether oxygens (including phenoxy) is 1. The summed E-state index contributed by atoms with van der Waals surface area (Å²) < 4.78 is 4.98. The number of methoxy groups -OCH3 is 1. The highest BCUT2D eigenvalue weighted by Crippen LogP contribution is 2.26. The molecule has 1 saturated carbocycles. The highest BCUT2D eigenvalue weighted by Gasteiger charge is 2.30. The zero-order valence-corrected chi connectivity index (χ0v) is 10.8. The van der Waals surface area contributed by atoms with Crippen LogP contribution in [-0.4, -0.2) is 42.0 Å². The highest BCUT2D eigenvalue weighted by molar-refractivity contribution is 5.81. The van der Waals surface area contributed by atoms with Gasteiger partial charge in [0, 0.05) is 18.7 Å². The van der Waals surface area contributed by atoms with E-state index in [1.807, 2.05) is 17.9 Å². The normalized spacial score (nSPS) is 14.1. The van der Waals surface area contributed by atoms with Gasteiger partial charge in [-0.2, -0.15) is 0 Å². The van der Waals surface area contributed by atoms with E-state index in [4.69, 9.17) is 4.74 Å². The third-order valence-corrected chi connectivity index (χ3v) is 3.04. The van der Waals surface area contributed by atoms with Gasteiger partial charge in [-0.05, 0) is 25.8 Å². The molecule has 5 nitrogen and oxygen atoms in total. The molecule has 1 aromatic heterocycles. The Balaban J connectivity index is 1.84. The van der Waals surface area contributed by atoms with Gasteiger partial charge in [-0.25, -0.2) is 4.98 Å². The molecule has 0 aliphatic heterocycles. The number of amides is 1. The van der Waals surface area contributed by atoms with E-state index in [1.165, 1.54) is 0 Å². The zero-order chi connectivity index (χ0) is 13.0. The lowest BCUT2D eigenvalue weighted by Crippen LogP contribution is -2.37. The molecule has 5 heteroatoms. The fourth-order valence-electron chi connectivity index (χ4n) is 1.91. The van der Waals surface area contributed by atoms with Crippen LogP contribution in [0.2, 0.25) is 0 Å². The minimum atomic E-state index is 0.149. The Kier molecular flexibility index (Phi) is 4.02. The molecular formula is C13H19N3O2. The number of nitrogens with one attached hydrogen (secondary N) is 1. The SMILES string of the molecule is CCN(C(=O)CNc1ccc(OC)nc1)C1CC1. The predicted octanol–water partition coefficient (Wildman–Crippen LogP) is 1.51. The molecule has 1 N–H and O–H groups in total. The zero-order valence-electron chi connectivity index (χ0n) is 10.8. The van der Waals surface area contributed by atoms with Crippen LogP contribution >= 0.6 is 0 Å². The van der Waals surface area contributed by atoms with Gasteiger partial charge in [0.05, 0.1) is 25.5 Å². The number of carbonyl (C=O) groups excluding carboxylic acids is 1. The number of nitrogens with zero attached hydrogens (tertiary/aromatic N) is 2. The van der Waals surface area contributed by atoms with Crippen molar-refractivity contribution in [2.75, 3.05) is 25.5 Å². The standard InChI is InChI=1S/C13H19N3O2/c1-3-16(11-5-6-11)13(17)9-14-10-4-7-12(18-2)15-8-10/h4,7-8,11,14H,3,5-6,9H2,1-2H3. The van der Waals surface area contributed by atoms with Crippen LogP contribution in [-0.2, 0) is 4.79 Å². The lowest BCUT2D eigenvalue weighted by Gasteiger charge is -2.20. The monoisotopic (exact) mass is 249 g/mol. The second kappa shape index (κ2) is 5.71. The van der Waals surface area contributed by atoms with E-state index in [-0.39, 0.29) is 5.91 Å². The smallest absolute Gasteiger partial charge is 0.242 e. The van der Waals surface area contributed by atoms with Crippen molar-refractivity contribution in [3.05, 3.63) is 18.3 Å². The number of pyridine rings is 1. The topological polar surface area (TPSA) is 54.5 Å². The Morgan fingerprint density at radius 1 is 1.56 bits per heavy atom. The summed E-state index contributed by atoms with van der Waals surface area (Å²) in [6.07, 6.45) is 3.95. The maximum atomic E-state index is 12.0.